The summed E-state index contributed by atoms with van der Waals surface area (Å²) < 4.78 is 12.5. The number of ketones is 1. The molecule has 0 spiro atoms. The molecule has 0 saturated heterocycles. The van der Waals surface area contributed by atoms with Gasteiger partial charge in [0.15, 0.2) is 0 Å². The lowest BCUT2D eigenvalue weighted by Crippen LogP contribution is -2.32. The lowest BCUT2D eigenvalue weighted by molar-refractivity contribution is -0.125. The molecule has 2 aliphatic heterocycles. The van der Waals surface area contributed by atoms with E-state index >= 15 is 0 Å². The summed E-state index contributed by atoms with van der Waals surface area (Å²) in [5.41, 5.74) is 3.89. The van der Waals surface area contributed by atoms with Gasteiger partial charge in [0.1, 0.15) is 23.0 Å². The number of Topliss-reactive ketones (excluding diaryl/α,β-unsaturated/α-hetero) is 1. The Balaban J connectivity index is 1.33. The molecule has 3 atom stereocenters. The van der Waals surface area contributed by atoms with E-state index in [-0.39, 0.29) is 11.8 Å². The number of benzene rings is 4. The zero-order valence-corrected chi connectivity index (χ0v) is 26.6. The molecule has 230 valence electrons. The van der Waals surface area contributed by atoms with E-state index in [0.29, 0.717) is 24.7 Å². The maximum absolute atomic E-state index is 14.5. The van der Waals surface area contributed by atoms with Crippen LogP contribution < -0.4 is 9.47 Å². The van der Waals surface area contributed by atoms with Crippen LogP contribution in [0.5, 0.6) is 17.2 Å². The summed E-state index contributed by atoms with van der Waals surface area (Å²) in [5, 5.41) is 2.37. The van der Waals surface area contributed by atoms with Crippen LogP contribution in [0, 0.1) is 17.8 Å². The van der Waals surface area contributed by atoms with E-state index in [2.05, 4.69) is 80.6 Å². The molecule has 4 aromatic rings. The monoisotopic (exact) mass is 588 g/mol. The van der Waals surface area contributed by atoms with Crippen molar-refractivity contribution in [3.8, 4) is 17.2 Å². The van der Waals surface area contributed by atoms with Crippen LogP contribution in [0.1, 0.15) is 94.2 Å². The van der Waals surface area contributed by atoms with Crippen LogP contribution in [0.4, 0.5) is 0 Å². The Bertz CT molecular complexity index is 1510. The molecule has 1 fully saturated rings. The van der Waals surface area contributed by atoms with E-state index < -0.39 is 0 Å². The van der Waals surface area contributed by atoms with Crippen molar-refractivity contribution in [3.63, 3.8) is 0 Å². The minimum absolute atomic E-state index is 0.0764. The van der Waals surface area contributed by atoms with Crippen molar-refractivity contribution in [1.29, 1.82) is 0 Å². The number of hydrogen-bond acceptors (Lipinski definition) is 3. The fourth-order valence-electron chi connectivity index (χ4n) is 7.91. The second-order valence-electron chi connectivity index (χ2n) is 13.1. The van der Waals surface area contributed by atoms with Gasteiger partial charge in [-0.25, -0.2) is 0 Å². The molecule has 3 unspecified atom stereocenters. The zero-order valence-electron chi connectivity index (χ0n) is 26.6. The van der Waals surface area contributed by atoms with Gasteiger partial charge in [-0.3, -0.25) is 4.79 Å². The van der Waals surface area contributed by atoms with Gasteiger partial charge in [0.2, 0.25) is 0 Å². The number of ether oxygens (including phenoxy) is 2. The number of rotatable bonds is 11. The molecule has 1 saturated carbocycles. The van der Waals surface area contributed by atoms with Crippen LogP contribution in [0.15, 0.2) is 84.9 Å². The third-order valence-electron chi connectivity index (χ3n) is 10.3. The molecule has 4 bridgehead atoms. The van der Waals surface area contributed by atoms with E-state index in [1.807, 2.05) is 18.2 Å². The number of carbonyl (C=O) groups excluding carboxylic acids is 1. The van der Waals surface area contributed by atoms with Crippen LogP contribution in [0.2, 0.25) is 0 Å². The Morgan fingerprint density at radius 1 is 0.864 bits per heavy atom. The molecule has 1 aliphatic carbocycles. The van der Waals surface area contributed by atoms with Gasteiger partial charge in [-0.15, -0.1) is 0 Å². The van der Waals surface area contributed by atoms with Gasteiger partial charge in [-0.2, -0.15) is 0 Å². The summed E-state index contributed by atoms with van der Waals surface area (Å²) in [7, 11) is 0. The average Bonchev–Trinajstić information content (AvgIpc) is 3.57. The minimum atomic E-state index is -0.0764. The molecule has 0 radical (unpaired) electrons. The smallest absolute Gasteiger partial charge is 0.139 e. The Morgan fingerprint density at radius 2 is 1.64 bits per heavy atom. The summed E-state index contributed by atoms with van der Waals surface area (Å²) in [6.07, 6.45) is 12.1. The van der Waals surface area contributed by atoms with Gasteiger partial charge in [0.05, 0.1) is 6.61 Å². The maximum atomic E-state index is 14.5. The summed E-state index contributed by atoms with van der Waals surface area (Å²) in [6.45, 7) is 4.91. The van der Waals surface area contributed by atoms with E-state index in [9.17, 15) is 4.79 Å². The second kappa shape index (κ2) is 14.5. The number of hydrogen-bond donors (Lipinski definition) is 0. The molecular weight excluding hydrogens is 540 g/mol. The molecule has 2 heterocycles. The Kier molecular flexibility index (Phi) is 10.0. The van der Waals surface area contributed by atoms with Crippen LogP contribution in [0.25, 0.3) is 10.8 Å². The fourth-order valence-corrected chi connectivity index (χ4v) is 7.91. The lowest BCUT2D eigenvalue weighted by atomic mass is 9.69. The molecule has 3 nitrogen and oxygen atoms in total. The largest absolute Gasteiger partial charge is 0.493 e. The van der Waals surface area contributed by atoms with Crippen molar-refractivity contribution in [3.05, 3.63) is 102 Å². The lowest BCUT2D eigenvalue weighted by Gasteiger charge is -2.34. The van der Waals surface area contributed by atoms with Crippen molar-refractivity contribution >= 4 is 16.6 Å². The van der Waals surface area contributed by atoms with Crippen molar-refractivity contribution in [1.82, 2.24) is 0 Å². The quantitative estimate of drug-likeness (QED) is 0.175. The summed E-state index contributed by atoms with van der Waals surface area (Å²) in [4.78, 5) is 14.5. The molecule has 0 N–H and O–H groups in total. The molecule has 7 rings (SSSR count). The molecule has 4 aromatic carbocycles. The highest BCUT2D eigenvalue weighted by atomic mass is 16.5. The first-order valence-corrected chi connectivity index (χ1v) is 17.1. The van der Waals surface area contributed by atoms with E-state index in [1.54, 1.807) is 0 Å². The highest BCUT2D eigenvalue weighted by molar-refractivity contribution is 5.88. The van der Waals surface area contributed by atoms with Crippen LogP contribution in [0.3, 0.4) is 0 Å². The fraction of sp³-hybridized carbons (Fsp3) is 0.439. The van der Waals surface area contributed by atoms with Crippen molar-refractivity contribution in [2.24, 2.45) is 17.8 Å². The van der Waals surface area contributed by atoms with Gasteiger partial charge < -0.3 is 9.47 Å². The third-order valence-corrected chi connectivity index (χ3v) is 10.3. The van der Waals surface area contributed by atoms with Gasteiger partial charge in [-0.1, -0.05) is 101 Å². The van der Waals surface area contributed by atoms with Crippen molar-refractivity contribution in [2.45, 2.75) is 90.4 Å². The second-order valence-corrected chi connectivity index (χ2v) is 13.1. The first-order valence-electron chi connectivity index (χ1n) is 17.1. The van der Waals surface area contributed by atoms with Crippen LogP contribution in [-0.2, 0) is 17.6 Å². The van der Waals surface area contributed by atoms with E-state index in [1.165, 1.54) is 59.6 Å². The first-order chi connectivity index (χ1) is 21.6. The standard InChI is InChI=1S/C41H48O3/c1-3-8-29-13-19-34(20-14-29)43-26-25-41(42)40-27-33-12-7-11-31-18-23-36(28-39(31)33)44-35-21-16-32(17-22-35)37(4-2)38(40)24-15-30-9-5-6-10-30/h7,11-14,16-23,28,30,37-38,40H,3-6,8-10,15,24-27H2,1-2H3. The molecule has 0 amide bonds. The molecular formula is C41H48O3. The summed E-state index contributed by atoms with van der Waals surface area (Å²) in [6, 6.07) is 30.0. The number of carbonyl (C=O) groups is 1. The minimum Gasteiger partial charge on any atom is -0.493 e. The van der Waals surface area contributed by atoms with Gasteiger partial charge in [0, 0.05) is 12.3 Å². The third kappa shape index (κ3) is 7.20. The molecule has 44 heavy (non-hydrogen) atoms. The molecule has 0 aromatic heterocycles. The van der Waals surface area contributed by atoms with Crippen LogP contribution >= 0.6 is 0 Å². The van der Waals surface area contributed by atoms with Crippen molar-refractivity contribution in [2.75, 3.05) is 6.61 Å². The zero-order chi connectivity index (χ0) is 30.3. The topological polar surface area (TPSA) is 35.5 Å². The van der Waals surface area contributed by atoms with Gasteiger partial charge in [-0.05, 0) is 107 Å². The van der Waals surface area contributed by atoms with E-state index in [0.717, 1.165) is 55.3 Å². The highest BCUT2D eigenvalue weighted by Gasteiger charge is 2.35. The molecule has 3 heteroatoms. The van der Waals surface area contributed by atoms with Gasteiger partial charge in [0.25, 0.3) is 0 Å². The first kappa shape index (κ1) is 30.4. The van der Waals surface area contributed by atoms with Crippen molar-refractivity contribution < 1.29 is 14.3 Å². The van der Waals surface area contributed by atoms with E-state index in [4.69, 9.17) is 9.47 Å². The Morgan fingerprint density at radius 3 is 2.39 bits per heavy atom. The summed E-state index contributed by atoms with van der Waals surface area (Å²) in [5.74, 6) is 4.17. The SMILES string of the molecule is CCCc1ccc(OCCC(=O)C2Cc3cccc4ccc(cc34)Oc3ccc(cc3)C(CC)C2CCC2CCCC2)cc1. The normalized spacial score (nSPS) is 20.2. The average molecular weight is 589 g/mol. The van der Waals surface area contributed by atoms with Gasteiger partial charge >= 0.3 is 0 Å². The highest BCUT2D eigenvalue weighted by Crippen LogP contribution is 2.43. The summed E-state index contributed by atoms with van der Waals surface area (Å²) >= 11 is 0. The number of fused-ring (bicyclic) bond motifs is 5. The molecule has 3 aliphatic rings. The Hall–Kier alpha value is -3.59. The maximum Gasteiger partial charge on any atom is 0.139 e. The van der Waals surface area contributed by atoms with Crippen LogP contribution in [-0.4, -0.2) is 12.4 Å². The number of aryl methyl sites for hydroxylation is 1. The Labute approximate surface area is 264 Å². The predicted octanol–water partition coefficient (Wildman–Crippen LogP) is 10.9. The predicted molar refractivity (Wildman–Crippen MR) is 181 cm³/mol.